The monoisotopic (exact) mass is 398 g/mol. The highest BCUT2D eigenvalue weighted by Crippen LogP contribution is 2.36. The van der Waals surface area contributed by atoms with Crippen LogP contribution in [0.1, 0.15) is 6.92 Å². The minimum absolute atomic E-state index is 0.635. The first-order chi connectivity index (χ1) is 9.87. The summed E-state index contributed by atoms with van der Waals surface area (Å²) in [6.07, 6.45) is -6.00. The van der Waals surface area contributed by atoms with E-state index >= 15 is 0 Å². The molecule has 0 spiro atoms. The van der Waals surface area contributed by atoms with Gasteiger partial charge in [0.1, 0.15) is 12.2 Å². The van der Waals surface area contributed by atoms with Gasteiger partial charge in [-0.05, 0) is 6.92 Å². The van der Waals surface area contributed by atoms with Gasteiger partial charge in [-0.1, -0.05) is 0 Å². The van der Waals surface area contributed by atoms with Crippen molar-refractivity contribution in [3.05, 3.63) is 0 Å². The predicted octanol–water partition coefficient (Wildman–Crippen LogP) is 0.598. The Hall–Kier alpha value is -0.650. The number of hydrogen-bond acceptors (Lipinski definition) is 7. The number of alkyl halides is 5. The molecule has 0 rings (SSSR count). The zero-order valence-electron chi connectivity index (χ0n) is 11.1. The molecule has 0 aromatic heterocycles. The van der Waals surface area contributed by atoms with Gasteiger partial charge < -0.3 is 4.74 Å². The first-order valence-electron chi connectivity index (χ1n) is 5.19. The number of ether oxygens (including phenoxy) is 1. The van der Waals surface area contributed by atoms with Gasteiger partial charge in [-0.3, -0.25) is 9.11 Å². The van der Waals surface area contributed by atoms with E-state index in [4.69, 9.17) is 9.11 Å². The van der Waals surface area contributed by atoms with Crippen LogP contribution in [0, 0.1) is 0 Å². The molecule has 0 aromatic carbocycles. The normalized spacial score (nSPS) is 15.0. The lowest BCUT2D eigenvalue weighted by atomic mass is 10.1. The molecule has 23 heavy (non-hydrogen) atoms. The second-order valence-electron chi connectivity index (χ2n) is 4.32. The molecule has 16 heteroatoms. The van der Waals surface area contributed by atoms with E-state index in [9.17, 15) is 38.8 Å². The molecule has 0 radical (unpaired) electrons. The van der Waals surface area contributed by atoms with Crippen molar-refractivity contribution in [1.29, 1.82) is 0 Å². The van der Waals surface area contributed by atoms with Gasteiger partial charge in [0.2, 0.25) is 0 Å². The van der Waals surface area contributed by atoms with Crippen molar-refractivity contribution in [3.8, 4) is 0 Å². The summed E-state index contributed by atoms with van der Waals surface area (Å²) in [6, 6.07) is 0. The third-order valence-corrected chi connectivity index (χ3v) is 2.87. The zero-order valence-corrected chi connectivity index (χ0v) is 12.7. The first kappa shape index (κ1) is 22.4. The Kier molecular flexibility index (Phi) is 6.88. The summed E-state index contributed by atoms with van der Waals surface area (Å²) in [7, 11) is -10.3. The first-order valence-corrected chi connectivity index (χ1v) is 7.92. The van der Waals surface area contributed by atoms with Crippen LogP contribution in [0.25, 0.3) is 0 Å². The standard InChI is InChI=1S/C7H11F5O9S2/c1-5(2-20-22(13,14)15,3-21-23(16,17)18)19-4-6(8,9)7(10,11)12/h2-4H2,1H3,(H,13,14,15)(H,16,17,18). The van der Waals surface area contributed by atoms with Gasteiger partial charge in [0.15, 0.2) is 0 Å². The van der Waals surface area contributed by atoms with Crippen LogP contribution in [0.3, 0.4) is 0 Å². The maximum absolute atomic E-state index is 12.7. The lowest BCUT2D eigenvalue weighted by Crippen LogP contribution is -2.48. The van der Waals surface area contributed by atoms with Crippen molar-refractivity contribution >= 4 is 20.8 Å². The van der Waals surface area contributed by atoms with Crippen molar-refractivity contribution in [2.75, 3.05) is 19.8 Å². The molecule has 2 N–H and O–H groups in total. The summed E-state index contributed by atoms with van der Waals surface area (Å²) in [4.78, 5) is 0. The Balaban J connectivity index is 5.12. The largest absolute Gasteiger partial charge is 0.455 e. The maximum atomic E-state index is 12.7. The molecule has 0 aliphatic heterocycles. The van der Waals surface area contributed by atoms with Gasteiger partial charge in [-0.2, -0.15) is 38.8 Å². The van der Waals surface area contributed by atoms with Crippen LogP contribution in [0.5, 0.6) is 0 Å². The third-order valence-electron chi connectivity index (χ3n) is 2.04. The summed E-state index contributed by atoms with van der Waals surface area (Å²) in [5.74, 6) is -5.36. The molecule has 0 fully saturated rings. The molecule has 0 unspecified atom stereocenters. The maximum Gasteiger partial charge on any atom is 0.455 e. The molecule has 0 amide bonds. The molecule has 0 saturated carbocycles. The van der Waals surface area contributed by atoms with Crippen LogP contribution < -0.4 is 0 Å². The van der Waals surface area contributed by atoms with Crippen LogP contribution in [-0.2, 0) is 33.9 Å². The second-order valence-corrected chi connectivity index (χ2v) is 6.50. The van der Waals surface area contributed by atoms with Gasteiger partial charge in [-0.15, -0.1) is 0 Å². The lowest BCUT2D eigenvalue weighted by molar-refractivity contribution is -0.306. The van der Waals surface area contributed by atoms with Gasteiger partial charge in [0.25, 0.3) is 0 Å². The van der Waals surface area contributed by atoms with E-state index in [1.165, 1.54) is 0 Å². The highest BCUT2D eigenvalue weighted by atomic mass is 32.3. The summed E-state index contributed by atoms with van der Waals surface area (Å²) < 4.78 is 131. The molecule has 0 atom stereocenters. The van der Waals surface area contributed by atoms with Crippen LogP contribution in [0.2, 0.25) is 0 Å². The van der Waals surface area contributed by atoms with E-state index in [1.807, 2.05) is 0 Å². The predicted molar refractivity (Wildman–Crippen MR) is 60.4 cm³/mol. The minimum atomic E-state index is -6.00. The molecule has 0 bridgehead atoms. The zero-order chi connectivity index (χ0) is 18.7. The van der Waals surface area contributed by atoms with Gasteiger partial charge >= 0.3 is 32.9 Å². The van der Waals surface area contributed by atoms with Crippen LogP contribution in [0.15, 0.2) is 0 Å². The molecule has 140 valence electrons. The van der Waals surface area contributed by atoms with Crippen molar-refractivity contribution < 1.29 is 61.0 Å². The van der Waals surface area contributed by atoms with Gasteiger partial charge in [-0.25, -0.2) is 8.37 Å². The minimum Gasteiger partial charge on any atom is -0.364 e. The van der Waals surface area contributed by atoms with Crippen LogP contribution >= 0.6 is 0 Å². The fourth-order valence-electron chi connectivity index (χ4n) is 0.870. The van der Waals surface area contributed by atoms with Gasteiger partial charge in [0, 0.05) is 0 Å². The fraction of sp³-hybridized carbons (Fsp3) is 1.00. The Morgan fingerprint density at radius 3 is 1.43 bits per heavy atom. The molecular formula is C7H11F5O9S2. The average molecular weight is 398 g/mol. The quantitative estimate of drug-likeness (QED) is 0.422. The SMILES string of the molecule is CC(COS(=O)(=O)O)(COS(=O)(=O)O)OCC(F)(F)C(F)(F)F. The number of halogens is 5. The van der Waals surface area contributed by atoms with E-state index in [1.54, 1.807) is 0 Å². The topological polar surface area (TPSA) is 136 Å². The van der Waals surface area contributed by atoms with E-state index in [0.717, 1.165) is 0 Å². The summed E-state index contributed by atoms with van der Waals surface area (Å²) in [5.41, 5.74) is -2.51. The molecule has 0 saturated heterocycles. The van der Waals surface area contributed by atoms with Crippen molar-refractivity contribution in [3.63, 3.8) is 0 Å². The summed E-state index contributed by atoms with van der Waals surface area (Å²) in [5, 5.41) is 0. The Morgan fingerprint density at radius 2 is 1.17 bits per heavy atom. The van der Waals surface area contributed by atoms with Gasteiger partial charge in [0.05, 0.1) is 13.2 Å². The van der Waals surface area contributed by atoms with E-state index < -0.39 is 58.3 Å². The van der Waals surface area contributed by atoms with Crippen LogP contribution in [0.4, 0.5) is 22.0 Å². The highest BCUT2D eigenvalue weighted by Gasteiger charge is 2.58. The van der Waals surface area contributed by atoms with E-state index in [-0.39, 0.29) is 0 Å². The Morgan fingerprint density at radius 1 is 0.826 bits per heavy atom. The number of rotatable bonds is 9. The summed E-state index contributed by atoms with van der Waals surface area (Å²) >= 11 is 0. The molecule has 0 aliphatic rings. The van der Waals surface area contributed by atoms with Crippen molar-refractivity contribution in [1.82, 2.24) is 0 Å². The fourth-order valence-corrected chi connectivity index (χ4v) is 1.67. The average Bonchev–Trinajstić information content (AvgIpc) is 2.29. The van der Waals surface area contributed by atoms with Crippen LogP contribution in [-0.4, -0.2) is 63.5 Å². The Bertz CT molecular complexity index is 560. The highest BCUT2D eigenvalue weighted by molar-refractivity contribution is 7.81. The summed E-state index contributed by atoms with van der Waals surface area (Å²) in [6.45, 7) is -4.49. The number of hydrogen-bond donors (Lipinski definition) is 2. The molecular weight excluding hydrogens is 387 g/mol. The molecule has 9 nitrogen and oxygen atoms in total. The van der Waals surface area contributed by atoms with Crippen molar-refractivity contribution in [2.24, 2.45) is 0 Å². The second kappa shape index (κ2) is 7.08. The lowest BCUT2D eigenvalue weighted by Gasteiger charge is -2.30. The third kappa shape index (κ3) is 9.28. The Labute approximate surface area is 127 Å². The molecule has 0 aliphatic carbocycles. The smallest absolute Gasteiger partial charge is 0.364 e. The molecule has 0 heterocycles. The van der Waals surface area contributed by atoms with E-state index in [2.05, 4.69) is 13.1 Å². The molecule has 0 aromatic rings. The van der Waals surface area contributed by atoms with Crippen molar-refractivity contribution in [2.45, 2.75) is 24.6 Å². The van der Waals surface area contributed by atoms with E-state index in [0.29, 0.717) is 6.92 Å².